The van der Waals surface area contributed by atoms with Crippen LogP contribution in [0, 0.1) is 0 Å². The van der Waals surface area contributed by atoms with Gasteiger partial charge in [-0.05, 0) is 13.3 Å². The summed E-state index contributed by atoms with van der Waals surface area (Å²) in [4.78, 5) is 17.4. The van der Waals surface area contributed by atoms with Crippen LogP contribution in [0.3, 0.4) is 0 Å². The maximum Gasteiger partial charge on any atom is 0.236 e. The van der Waals surface area contributed by atoms with E-state index in [1.165, 1.54) is 0 Å². The summed E-state index contributed by atoms with van der Waals surface area (Å²) in [6, 6.07) is 0.125. The largest absolute Gasteiger partial charge is 0.348 e. The van der Waals surface area contributed by atoms with Crippen molar-refractivity contribution in [3.8, 4) is 0 Å². The summed E-state index contributed by atoms with van der Waals surface area (Å²) in [7, 11) is 3.51. The second-order valence-electron chi connectivity index (χ2n) is 3.91. The zero-order valence-electron chi connectivity index (χ0n) is 10.3. The fourth-order valence-electron chi connectivity index (χ4n) is 1.19. The van der Waals surface area contributed by atoms with E-state index in [9.17, 15) is 4.79 Å². The molecule has 0 fully saturated rings. The lowest BCUT2D eigenvalue weighted by atomic mass is 10.2. The van der Waals surface area contributed by atoms with Crippen LogP contribution in [0.2, 0.25) is 0 Å². The number of aryl methyl sites for hydroxylation is 1. The highest BCUT2D eigenvalue weighted by Crippen LogP contribution is 2.16. The number of nitrogens with zero attached hydrogens (tertiary/aromatic N) is 2. The Balaban J connectivity index is 2.46. The average molecular weight is 241 g/mol. The second-order valence-corrected chi connectivity index (χ2v) is 4.85. The smallest absolute Gasteiger partial charge is 0.236 e. The number of likely N-dealkylation sites (N-methyl/N-ethyl adjacent to an activating group) is 1. The van der Waals surface area contributed by atoms with E-state index in [1.54, 1.807) is 30.3 Å². The Morgan fingerprint density at radius 2 is 2.31 bits per heavy atom. The van der Waals surface area contributed by atoms with Crippen molar-refractivity contribution in [1.82, 2.24) is 15.2 Å². The second kappa shape index (κ2) is 5.96. The van der Waals surface area contributed by atoms with Crippen molar-refractivity contribution in [2.75, 3.05) is 20.6 Å². The van der Waals surface area contributed by atoms with E-state index in [0.29, 0.717) is 6.54 Å². The topological polar surface area (TPSA) is 45.2 Å². The van der Waals surface area contributed by atoms with Gasteiger partial charge < -0.3 is 10.2 Å². The van der Waals surface area contributed by atoms with E-state index in [2.05, 4.69) is 22.6 Å². The third-order valence-corrected chi connectivity index (χ3v) is 3.39. The van der Waals surface area contributed by atoms with Crippen LogP contribution in [0.5, 0.6) is 0 Å². The van der Waals surface area contributed by atoms with Crippen molar-refractivity contribution in [2.24, 2.45) is 0 Å². The molecule has 16 heavy (non-hydrogen) atoms. The predicted octanol–water partition coefficient (Wildman–Crippen LogP) is 1.44. The van der Waals surface area contributed by atoms with Crippen molar-refractivity contribution in [3.05, 3.63) is 16.1 Å². The normalized spacial score (nSPS) is 12.5. The maximum absolute atomic E-state index is 11.4. The monoisotopic (exact) mass is 241 g/mol. The molecule has 0 bridgehead atoms. The third kappa shape index (κ3) is 3.57. The van der Waals surface area contributed by atoms with E-state index in [-0.39, 0.29) is 11.9 Å². The minimum absolute atomic E-state index is 0.0813. The van der Waals surface area contributed by atoms with Gasteiger partial charge in [-0.2, -0.15) is 0 Å². The highest BCUT2D eigenvalue weighted by molar-refractivity contribution is 7.09. The highest BCUT2D eigenvalue weighted by Gasteiger charge is 2.11. The molecule has 0 saturated heterocycles. The molecule has 1 heterocycles. The lowest BCUT2D eigenvalue weighted by Crippen LogP contribution is -2.34. The van der Waals surface area contributed by atoms with E-state index >= 15 is 0 Å². The summed E-state index contributed by atoms with van der Waals surface area (Å²) >= 11 is 1.67. The summed E-state index contributed by atoms with van der Waals surface area (Å²) in [5, 5.41) is 6.36. The van der Waals surface area contributed by atoms with Crippen molar-refractivity contribution in [1.29, 1.82) is 0 Å². The summed E-state index contributed by atoms with van der Waals surface area (Å²) < 4.78 is 0. The molecule has 0 aliphatic heterocycles. The molecule has 5 heteroatoms. The minimum Gasteiger partial charge on any atom is -0.348 e. The van der Waals surface area contributed by atoms with Gasteiger partial charge in [0, 0.05) is 25.5 Å². The number of thiazole rings is 1. The highest BCUT2D eigenvalue weighted by atomic mass is 32.1. The van der Waals surface area contributed by atoms with Crippen LogP contribution in [-0.4, -0.2) is 36.4 Å². The van der Waals surface area contributed by atoms with Crippen LogP contribution in [0.15, 0.2) is 5.38 Å². The van der Waals surface area contributed by atoms with Gasteiger partial charge in [-0.3, -0.25) is 4.79 Å². The van der Waals surface area contributed by atoms with Crippen molar-refractivity contribution < 1.29 is 4.79 Å². The number of hydrogen-bond donors (Lipinski definition) is 1. The molecule has 90 valence electrons. The molecule has 0 aliphatic carbocycles. The molecule has 0 spiro atoms. The zero-order valence-corrected chi connectivity index (χ0v) is 11.1. The number of nitrogens with one attached hydrogen (secondary N) is 1. The molecule has 1 rings (SSSR count). The average Bonchev–Trinajstić information content (AvgIpc) is 2.73. The molecular formula is C11H19N3OS. The molecule has 0 saturated carbocycles. The Labute approximate surface area is 101 Å². The molecule has 1 amide bonds. The SMILES string of the molecule is CCc1nc(C(C)NCC(=O)N(C)C)cs1. The summed E-state index contributed by atoms with van der Waals surface area (Å²) in [5.74, 6) is 0.0813. The molecule has 1 atom stereocenters. The Kier molecular flexibility index (Phi) is 4.89. The fraction of sp³-hybridized carbons (Fsp3) is 0.636. The molecule has 1 aromatic heterocycles. The number of carbonyl (C=O) groups is 1. The number of hydrogen-bond acceptors (Lipinski definition) is 4. The van der Waals surface area contributed by atoms with Gasteiger partial charge in [0.1, 0.15) is 0 Å². The van der Waals surface area contributed by atoms with Crippen LogP contribution in [0.1, 0.15) is 30.6 Å². The first-order chi connectivity index (χ1) is 7.54. The van der Waals surface area contributed by atoms with Crippen LogP contribution >= 0.6 is 11.3 Å². The third-order valence-electron chi connectivity index (χ3n) is 2.37. The molecule has 0 aliphatic rings. The Morgan fingerprint density at radius 1 is 1.62 bits per heavy atom. The number of rotatable bonds is 5. The van der Waals surface area contributed by atoms with Crippen LogP contribution in [0.25, 0.3) is 0 Å². The molecule has 4 nitrogen and oxygen atoms in total. The van der Waals surface area contributed by atoms with Gasteiger partial charge in [0.25, 0.3) is 0 Å². The van der Waals surface area contributed by atoms with Crippen molar-refractivity contribution >= 4 is 17.2 Å². The van der Waals surface area contributed by atoms with E-state index in [4.69, 9.17) is 0 Å². The summed E-state index contributed by atoms with van der Waals surface area (Å²) in [5.41, 5.74) is 1.02. The first-order valence-corrected chi connectivity index (χ1v) is 6.30. The minimum atomic E-state index is 0.0813. The number of amides is 1. The van der Waals surface area contributed by atoms with Crippen LogP contribution < -0.4 is 5.32 Å². The molecule has 1 unspecified atom stereocenters. The van der Waals surface area contributed by atoms with Gasteiger partial charge in [-0.1, -0.05) is 6.92 Å². The first-order valence-electron chi connectivity index (χ1n) is 5.42. The lowest BCUT2D eigenvalue weighted by molar-refractivity contribution is -0.127. The van der Waals surface area contributed by atoms with Crippen molar-refractivity contribution in [2.45, 2.75) is 26.3 Å². The molecule has 0 radical (unpaired) electrons. The quantitative estimate of drug-likeness (QED) is 0.848. The van der Waals surface area contributed by atoms with Crippen molar-refractivity contribution in [3.63, 3.8) is 0 Å². The lowest BCUT2D eigenvalue weighted by Gasteiger charge is -2.14. The van der Waals surface area contributed by atoms with E-state index in [0.717, 1.165) is 17.1 Å². The van der Waals surface area contributed by atoms with Gasteiger partial charge in [-0.25, -0.2) is 4.98 Å². The maximum atomic E-state index is 11.4. The number of carbonyl (C=O) groups excluding carboxylic acids is 1. The molecular weight excluding hydrogens is 222 g/mol. The Bertz CT molecular complexity index is 349. The molecule has 0 aromatic carbocycles. The van der Waals surface area contributed by atoms with Gasteiger partial charge in [0.15, 0.2) is 0 Å². The fourth-order valence-corrected chi connectivity index (χ4v) is 2.03. The van der Waals surface area contributed by atoms with Gasteiger partial charge >= 0.3 is 0 Å². The van der Waals surface area contributed by atoms with Crippen LogP contribution in [-0.2, 0) is 11.2 Å². The first kappa shape index (κ1) is 13.1. The van der Waals surface area contributed by atoms with Gasteiger partial charge in [-0.15, -0.1) is 11.3 Å². The van der Waals surface area contributed by atoms with Crippen LogP contribution in [0.4, 0.5) is 0 Å². The van der Waals surface area contributed by atoms with E-state index < -0.39 is 0 Å². The Hall–Kier alpha value is -0.940. The van der Waals surface area contributed by atoms with E-state index in [1.807, 2.05) is 6.92 Å². The zero-order chi connectivity index (χ0) is 12.1. The predicted molar refractivity (Wildman–Crippen MR) is 66.6 cm³/mol. The van der Waals surface area contributed by atoms with Gasteiger partial charge in [0.05, 0.1) is 17.2 Å². The molecule has 1 N–H and O–H groups in total. The number of aromatic nitrogens is 1. The summed E-state index contributed by atoms with van der Waals surface area (Å²) in [6.07, 6.45) is 0.966. The standard InChI is InChI=1S/C11H19N3OS/c1-5-10-13-9(7-16-10)8(2)12-6-11(15)14(3)4/h7-8,12H,5-6H2,1-4H3. The molecule has 1 aromatic rings. The Morgan fingerprint density at radius 3 is 2.81 bits per heavy atom. The summed E-state index contributed by atoms with van der Waals surface area (Å²) in [6.45, 7) is 4.47. The van der Waals surface area contributed by atoms with Gasteiger partial charge in [0.2, 0.25) is 5.91 Å².